The number of aryl methyl sites for hydroxylation is 1. The first-order valence-corrected chi connectivity index (χ1v) is 5.00. The predicted molar refractivity (Wildman–Crippen MR) is 58.7 cm³/mol. The van der Waals surface area contributed by atoms with Gasteiger partial charge in [-0.3, -0.25) is 4.79 Å². The first-order valence-electron chi connectivity index (χ1n) is 5.00. The standard InChI is InChI=1S/C12H14N2O/c1-10(14-13)12(15)9-5-8-11-6-3-2-4-7-11/h2-4,6-7H,5,8-9H2,1H3. The monoisotopic (exact) mass is 202 g/mol. The molecule has 0 spiro atoms. The molecule has 0 aromatic heterocycles. The molecule has 3 heteroatoms. The van der Waals surface area contributed by atoms with E-state index in [1.165, 1.54) is 12.5 Å². The summed E-state index contributed by atoms with van der Waals surface area (Å²) >= 11 is 0. The molecule has 0 aliphatic carbocycles. The zero-order valence-corrected chi connectivity index (χ0v) is 8.81. The zero-order valence-electron chi connectivity index (χ0n) is 8.81. The van der Waals surface area contributed by atoms with Gasteiger partial charge in [-0.1, -0.05) is 30.3 Å². The second kappa shape index (κ2) is 5.89. The first kappa shape index (κ1) is 11.3. The van der Waals surface area contributed by atoms with Crippen LogP contribution in [-0.4, -0.2) is 16.3 Å². The lowest BCUT2D eigenvalue weighted by molar-refractivity contribution is -0.117. The molecule has 1 rings (SSSR count). The molecule has 0 saturated heterocycles. The second-order valence-electron chi connectivity index (χ2n) is 3.45. The van der Waals surface area contributed by atoms with Crippen LogP contribution in [0.4, 0.5) is 0 Å². The number of ketones is 1. The summed E-state index contributed by atoms with van der Waals surface area (Å²) in [6.07, 6.45) is 2.10. The number of rotatable bonds is 5. The van der Waals surface area contributed by atoms with E-state index in [0.29, 0.717) is 6.42 Å². The molecule has 0 radical (unpaired) electrons. The minimum Gasteiger partial charge on any atom is -0.361 e. The highest BCUT2D eigenvalue weighted by molar-refractivity contribution is 6.36. The van der Waals surface area contributed by atoms with Crippen molar-refractivity contribution in [2.24, 2.45) is 0 Å². The van der Waals surface area contributed by atoms with Crippen molar-refractivity contribution in [3.63, 3.8) is 0 Å². The largest absolute Gasteiger partial charge is 0.361 e. The van der Waals surface area contributed by atoms with Crippen LogP contribution in [-0.2, 0) is 11.2 Å². The Hall–Kier alpha value is -1.73. The predicted octanol–water partition coefficient (Wildman–Crippen LogP) is 2.27. The van der Waals surface area contributed by atoms with Crippen LogP contribution in [0.25, 0.3) is 5.53 Å². The lowest BCUT2D eigenvalue weighted by atomic mass is 10.1. The molecule has 0 amide bonds. The van der Waals surface area contributed by atoms with Crippen LogP contribution in [0.1, 0.15) is 25.3 Å². The van der Waals surface area contributed by atoms with Crippen molar-refractivity contribution >= 4 is 11.5 Å². The molecular weight excluding hydrogens is 188 g/mol. The van der Waals surface area contributed by atoms with Gasteiger partial charge in [0.15, 0.2) is 0 Å². The molecule has 1 aromatic carbocycles. The van der Waals surface area contributed by atoms with Crippen LogP contribution >= 0.6 is 0 Å². The van der Waals surface area contributed by atoms with Crippen LogP contribution in [0, 0.1) is 0 Å². The lowest BCUT2D eigenvalue weighted by Crippen LogP contribution is -2.10. The van der Waals surface area contributed by atoms with Crippen molar-refractivity contribution in [2.45, 2.75) is 26.2 Å². The van der Waals surface area contributed by atoms with E-state index in [-0.39, 0.29) is 11.5 Å². The van der Waals surface area contributed by atoms with Gasteiger partial charge in [0.25, 0.3) is 0 Å². The van der Waals surface area contributed by atoms with Crippen molar-refractivity contribution in [1.29, 1.82) is 0 Å². The molecule has 0 atom stereocenters. The first-order chi connectivity index (χ1) is 7.24. The second-order valence-corrected chi connectivity index (χ2v) is 3.45. The topological polar surface area (TPSA) is 53.5 Å². The maximum atomic E-state index is 11.3. The average molecular weight is 202 g/mol. The Balaban J connectivity index is 2.34. The molecule has 0 saturated carbocycles. The number of Topliss-reactive ketones (excluding diaryl/α,β-unsaturated/α-hetero) is 1. The van der Waals surface area contributed by atoms with Gasteiger partial charge in [0, 0.05) is 13.3 Å². The highest BCUT2D eigenvalue weighted by atomic mass is 16.1. The van der Waals surface area contributed by atoms with E-state index >= 15 is 0 Å². The smallest absolute Gasteiger partial charge is 0.331 e. The highest BCUT2D eigenvalue weighted by Gasteiger charge is 2.12. The number of benzene rings is 1. The van der Waals surface area contributed by atoms with Crippen molar-refractivity contribution in [2.75, 3.05) is 0 Å². The van der Waals surface area contributed by atoms with E-state index in [9.17, 15) is 4.79 Å². The maximum absolute atomic E-state index is 11.3. The van der Waals surface area contributed by atoms with Crippen LogP contribution in [0.5, 0.6) is 0 Å². The van der Waals surface area contributed by atoms with E-state index in [4.69, 9.17) is 5.53 Å². The Morgan fingerprint density at radius 3 is 2.60 bits per heavy atom. The number of carbonyl (C=O) groups excluding carboxylic acids is 1. The molecule has 0 bridgehead atoms. The highest BCUT2D eigenvalue weighted by Crippen LogP contribution is 2.04. The van der Waals surface area contributed by atoms with Crippen LogP contribution in [0.3, 0.4) is 0 Å². The zero-order chi connectivity index (χ0) is 11.1. The molecule has 78 valence electrons. The van der Waals surface area contributed by atoms with Gasteiger partial charge in [0.2, 0.25) is 5.78 Å². The van der Waals surface area contributed by atoms with E-state index in [0.717, 1.165) is 12.8 Å². The molecular formula is C12H14N2O. The van der Waals surface area contributed by atoms with E-state index in [2.05, 4.69) is 4.79 Å². The van der Waals surface area contributed by atoms with Gasteiger partial charge in [0.05, 0.1) is 0 Å². The van der Waals surface area contributed by atoms with Gasteiger partial charge in [-0.15, -0.1) is 0 Å². The van der Waals surface area contributed by atoms with Gasteiger partial charge >= 0.3 is 5.71 Å². The quantitative estimate of drug-likeness (QED) is 0.410. The third-order valence-corrected chi connectivity index (χ3v) is 2.27. The molecule has 0 fully saturated rings. The normalized spacial score (nSPS) is 9.40. The minimum absolute atomic E-state index is 0.0894. The number of hydrogen-bond donors (Lipinski definition) is 0. The van der Waals surface area contributed by atoms with Crippen molar-refractivity contribution in [3.8, 4) is 0 Å². The summed E-state index contributed by atoms with van der Waals surface area (Å²) in [5, 5.41) is 0. The van der Waals surface area contributed by atoms with E-state index < -0.39 is 0 Å². The molecule has 0 N–H and O–H groups in total. The fourth-order valence-electron chi connectivity index (χ4n) is 1.33. The van der Waals surface area contributed by atoms with Gasteiger partial charge in [0.1, 0.15) is 0 Å². The summed E-state index contributed by atoms with van der Waals surface area (Å²) in [7, 11) is 0. The SMILES string of the molecule is CC(=[N+]=[N-])C(=O)CCCc1ccccc1. The Morgan fingerprint density at radius 2 is 2.00 bits per heavy atom. The third kappa shape index (κ3) is 3.88. The van der Waals surface area contributed by atoms with Gasteiger partial charge in [-0.25, -0.2) is 0 Å². The summed E-state index contributed by atoms with van der Waals surface area (Å²) < 4.78 is 0. The van der Waals surface area contributed by atoms with Gasteiger partial charge < -0.3 is 5.53 Å². The summed E-state index contributed by atoms with van der Waals surface area (Å²) in [4.78, 5) is 14.2. The molecule has 15 heavy (non-hydrogen) atoms. The fraction of sp³-hybridized carbons (Fsp3) is 0.333. The lowest BCUT2D eigenvalue weighted by Gasteiger charge is -1.98. The number of carbonyl (C=O) groups is 1. The Labute approximate surface area is 89.4 Å². The van der Waals surface area contributed by atoms with Crippen LogP contribution < -0.4 is 0 Å². The molecule has 0 aliphatic rings. The molecule has 0 heterocycles. The summed E-state index contributed by atoms with van der Waals surface area (Å²) in [6.45, 7) is 1.52. The van der Waals surface area contributed by atoms with Crippen molar-refractivity contribution in [1.82, 2.24) is 0 Å². The Bertz CT molecular complexity index is 378. The fourth-order valence-corrected chi connectivity index (χ4v) is 1.33. The molecule has 3 nitrogen and oxygen atoms in total. The number of nitrogens with zero attached hydrogens (tertiary/aromatic N) is 2. The van der Waals surface area contributed by atoms with Crippen LogP contribution in [0.15, 0.2) is 30.3 Å². The maximum Gasteiger partial charge on any atom is 0.331 e. The van der Waals surface area contributed by atoms with Crippen molar-refractivity contribution < 1.29 is 9.58 Å². The minimum atomic E-state index is -0.0894. The van der Waals surface area contributed by atoms with Gasteiger partial charge in [-0.2, -0.15) is 4.79 Å². The van der Waals surface area contributed by atoms with Gasteiger partial charge in [-0.05, 0) is 18.4 Å². The van der Waals surface area contributed by atoms with E-state index in [1.54, 1.807) is 0 Å². The molecule has 0 unspecified atom stereocenters. The van der Waals surface area contributed by atoms with Crippen molar-refractivity contribution in [3.05, 3.63) is 41.4 Å². The summed E-state index contributed by atoms with van der Waals surface area (Å²) in [5.74, 6) is -0.0894. The Morgan fingerprint density at radius 1 is 1.33 bits per heavy atom. The summed E-state index contributed by atoms with van der Waals surface area (Å²) in [5.41, 5.74) is 9.80. The van der Waals surface area contributed by atoms with E-state index in [1.807, 2.05) is 30.3 Å². The Kier molecular flexibility index (Phi) is 4.45. The number of hydrogen-bond acceptors (Lipinski definition) is 1. The average Bonchev–Trinajstić information content (AvgIpc) is 2.29. The molecule has 0 aliphatic heterocycles. The summed E-state index contributed by atoms with van der Waals surface area (Å²) in [6, 6.07) is 10.0. The van der Waals surface area contributed by atoms with Crippen LogP contribution in [0.2, 0.25) is 0 Å². The third-order valence-electron chi connectivity index (χ3n) is 2.27. The molecule has 1 aromatic rings.